The van der Waals surface area contributed by atoms with E-state index in [2.05, 4.69) is 4.99 Å². The van der Waals surface area contributed by atoms with Crippen LogP contribution in [0.25, 0.3) is 6.08 Å². The maximum Gasteiger partial charge on any atom is 0.344 e. The average molecular weight is 459 g/mol. The van der Waals surface area contributed by atoms with Crippen molar-refractivity contribution in [2.75, 3.05) is 27.9 Å². The zero-order valence-corrected chi connectivity index (χ0v) is 18.8. The Hall–Kier alpha value is -3.46. The Balaban J connectivity index is 2.13. The van der Waals surface area contributed by atoms with Gasteiger partial charge in [-0.3, -0.25) is 0 Å². The molecule has 0 saturated heterocycles. The van der Waals surface area contributed by atoms with E-state index in [9.17, 15) is 14.3 Å². The zero-order valence-electron chi connectivity index (χ0n) is 18.0. The van der Waals surface area contributed by atoms with Crippen molar-refractivity contribution in [1.82, 2.24) is 0 Å². The number of benzene rings is 2. The second kappa shape index (κ2) is 10.2. The molecule has 0 aromatic heterocycles. The van der Waals surface area contributed by atoms with E-state index in [0.717, 1.165) is 11.8 Å². The summed E-state index contributed by atoms with van der Waals surface area (Å²) in [5, 5.41) is 11.0. The number of thioether (sulfide) groups is 1. The standard InChI is InChI=1S/C23H22FNO6S/c1-5-31-23(27)18-19(26)17(32-22(18)25-15-9-7-6-8-14(15)24)12-13-10-11-16(28-2)21(30-4)20(13)29-3/h6-12,26H,5H2,1-4H3. The minimum absolute atomic E-state index is 0.0366. The Morgan fingerprint density at radius 3 is 2.44 bits per heavy atom. The second-order valence-electron chi connectivity index (χ2n) is 6.35. The van der Waals surface area contributed by atoms with E-state index in [-0.39, 0.29) is 28.7 Å². The Kier molecular flexibility index (Phi) is 7.42. The largest absolute Gasteiger partial charge is 0.506 e. The second-order valence-corrected chi connectivity index (χ2v) is 7.38. The molecule has 0 unspecified atom stereocenters. The van der Waals surface area contributed by atoms with Crippen molar-refractivity contribution in [3.8, 4) is 17.2 Å². The molecule has 32 heavy (non-hydrogen) atoms. The molecular formula is C23H22FNO6S. The van der Waals surface area contributed by atoms with Crippen molar-refractivity contribution >= 4 is 34.5 Å². The lowest BCUT2D eigenvalue weighted by Gasteiger charge is -2.14. The van der Waals surface area contributed by atoms with Gasteiger partial charge in [-0.05, 0) is 37.3 Å². The fourth-order valence-electron chi connectivity index (χ4n) is 3.02. The number of ether oxygens (including phenoxy) is 4. The van der Waals surface area contributed by atoms with Gasteiger partial charge in [0, 0.05) is 5.56 Å². The number of carbonyl (C=O) groups is 1. The number of hydrogen-bond acceptors (Lipinski definition) is 8. The lowest BCUT2D eigenvalue weighted by Crippen LogP contribution is -2.12. The van der Waals surface area contributed by atoms with Crippen LogP contribution in [0.15, 0.2) is 57.6 Å². The lowest BCUT2D eigenvalue weighted by molar-refractivity contribution is -0.138. The van der Waals surface area contributed by atoms with Crippen molar-refractivity contribution < 1.29 is 33.2 Å². The Morgan fingerprint density at radius 2 is 1.81 bits per heavy atom. The molecule has 1 aliphatic rings. The monoisotopic (exact) mass is 459 g/mol. The first-order valence-electron chi connectivity index (χ1n) is 9.57. The van der Waals surface area contributed by atoms with Gasteiger partial charge in [-0.2, -0.15) is 0 Å². The van der Waals surface area contributed by atoms with Crippen molar-refractivity contribution in [3.63, 3.8) is 0 Å². The number of carbonyl (C=O) groups excluding carboxylic acids is 1. The first kappa shape index (κ1) is 23.2. The van der Waals surface area contributed by atoms with E-state index in [1.807, 2.05) is 0 Å². The summed E-state index contributed by atoms with van der Waals surface area (Å²) in [5.74, 6) is -0.399. The molecular weight excluding hydrogens is 437 g/mol. The first-order valence-corrected chi connectivity index (χ1v) is 10.4. The molecule has 0 radical (unpaired) electrons. The number of rotatable bonds is 7. The maximum absolute atomic E-state index is 14.1. The molecule has 0 atom stereocenters. The van der Waals surface area contributed by atoms with Gasteiger partial charge in [-0.15, -0.1) is 0 Å². The van der Waals surface area contributed by atoms with Gasteiger partial charge in [-0.1, -0.05) is 23.9 Å². The Morgan fingerprint density at radius 1 is 1.09 bits per heavy atom. The third-order valence-corrected chi connectivity index (χ3v) is 5.49. The fourth-order valence-corrected chi connectivity index (χ4v) is 4.04. The molecule has 0 bridgehead atoms. The highest BCUT2D eigenvalue weighted by molar-refractivity contribution is 8.18. The summed E-state index contributed by atoms with van der Waals surface area (Å²) >= 11 is 1.01. The highest BCUT2D eigenvalue weighted by Gasteiger charge is 2.34. The molecule has 0 saturated carbocycles. The van der Waals surface area contributed by atoms with Gasteiger partial charge in [0.15, 0.2) is 11.5 Å². The topological polar surface area (TPSA) is 86.6 Å². The van der Waals surface area contributed by atoms with E-state index in [1.165, 1.54) is 39.5 Å². The minimum Gasteiger partial charge on any atom is -0.506 e. The van der Waals surface area contributed by atoms with Gasteiger partial charge in [-0.25, -0.2) is 14.2 Å². The van der Waals surface area contributed by atoms with Crippen molar-refractivity contribution in [2.45, 2.75) is 6.92 Å². The molecule has 7 nitrogen and oxygen atoms in total. The lowest BCUT2D eigenvalue weighted by atomic mass is 10.1. The van der Waals surface area contributed by atoms with Crippen LogP contribution in [-0.2, 0) is 9.53 Å². The fraction of sp³-hybridized carbons (Fsp3) is 0.217. The minimum atomic E-state index is -0.754. The molecule has 1 heterocycles. The number of aliphatic imine (C=N–C) groups is 1. The van der Waals surface area contributed by atoms with Crippen LogP contribution >= 0.6 is 11.8 Å². The first-order chi connectivity index (χ1) is 15.4. The number of hydrogen-bond donors (Lipinski definition) is 1. The van der Waals surface area contributed by atoms with Crippen LogP contribution in [0.4, 0.5) is 10.1 Å². The van der Waals surface area contributed by atoms with Crippen LogP contribution in [0.3, 0.4) is 0 Å². The van der Waals surface area contributed by atoms with Crippen LogP contribution in [-0.4, -0.2) is 44.1 Å². The van der Waals surface area contributed by atoms with E-state index in [4.69, 9.17) is 18.9 Å². The van der Waals surface area contributed by atoms with Crippen LogP contribution in [0, 0.1) is 5.82 Å². The summed E-state index contributed by atoms with van der Waals surface area (Å²) in [7, 11) is 4.47. The number of para-hydroxylation sites is 1. The van der Waals surface area contributed by atoms with Crippen molar-refractivity contribution in [3.05, 3.63) is 64.0 Å². The van der Waals surface area contributed by atoms with Gasteiger partial charge >= 0.3 is 5.97 Å². The van der Waals surface area contributed by atoms with Crippen LogP contribution < -0.4 is 14.2 Å². The van der Waals surface area contributed by atoms with Gasteiger partial charge in [0.25, 0.3) is 0 Å². The van der Waals surface area contributed by atoms with Crippen LogP contribution in [0.1, 0.15) is 12.5 Å². The SMILES string of the molecule is CCOC(=O)C1=C(O)C(=Cc2ccc(OC)c(OC)c2OC)SC1=Nc1ccccc1F. The molecule has 2 aromatic carbocycles. The highest BCUT2D eigenvalue weighted by atomic mass is 32.2. The molecule has 1 aliphatic heterocycles. The molecule has 168 valence electrons. The zero-order chi connectivity index (χ0) is 23.3. The smallest absolute Gasteiger partial charge is 0.344 e. The van der Waals surface area contributed by atoms with Gasteiger partial charge in [0.2, 0.25) is 5.75 Å². The molecule has 3 rings (SSSR count). The van der Waals surface area contributed by atoms with Gasteiger partial charge < -0.3 is 24.1 Å². The predicted molar refractivity (Wildman–Crippen MR) is 121 cm³/mol. The number of esters is 1. The Bertz CT molecular complexity index is 1130. The van der Waals surface area contributed by atoms with E-state index >= 15 is 0 Å². The molecule has 0 aliphatic carbocycles. The summed E-state index contributed by atoms with van der Waals surface area (Å²) in [5.41, 5.74) is 0.467. The average Bonchev–Trinajstić information content (AvgIpc) is 3.09. The van der Waals surface area contributed by atoms with Crippen molar-refractivity contribution in [2.24, 2.45) is 4.99 Å². The van der Waals surface area contributed by atoms with E-state index < -0.39 is 11.8 Å². The maximum atomic E-state index is 14.1. The highest BCUT2D eigenvalue weighted by Crippen LogP contribution is 2.44. The van der Waals surface area contributed by atoms with Crippen LogP contribution in [0.2, 0.25) is 0 Å². The molecule has 1 N–H and O–H groups in total. The van der Waals surface area contributed by atoms with Crippen molar-refractivity contribution in [1.29, 1.82) is 0 Å². The number of aliphatic hydroxyl groups excluding tert-OH is 1. The Labute approximate surface area is 189 Å². The van der Waals surface area contributed by atoms with E-state index in [0.29, 0.717) is 27.7 Å². The molecule has 2 aromatic rings. The summed E-state index contributed by atoms with van der Waals surface area (Å²) in [4.78, 5) is 17.1. The number of aliphatic hydroxyl groups is 1. The molecule has 9 heteroatoms. The summed E-state index contributed by atoms with van der Waals surface area (Å²) in [6.07, 6.45) is 1.61. The normalized spacial score (nSPS) is 15.9. The third-order valence-electron chi connectivity index (χ3n) is 4.47. The number of methoxy groups -OCH3 is 3. The van der Waals surface area contributed by atoms with Gasteiger partial charge in [0.1, 0.15) is 27.9 Å². The number of nitrogens with zero attached hydrogens (tertiary/aromatic N) is 1. The summed E-state index contributed by atoms with van der Waals surface area (Å²) < 4.78 is 35.4. The van der Waals surface area contributed by atoms with Gasteiger partial charge in [0.05, 0.1) is 32.8 Å². The quantitative estimate of drug-likeness (QED) is 0.580. The summed E-state index contributed by atoms with van der Waals surface area (Å²) in [6.45, 7) is 1.76. The van der Waals surface area contributed by atoms with E-state index in [1.54, 1.807) is 31.2 Å². The third kappa shape index (κ3) is 4.57. The van der Waals surface area contributed by atoms with Crippen LogP contribution in [0.5, 0.6) is 17.2 Å². The molecule has 0 spiro atoms. The predicted octanol–water partition coefficient (Wildman–Crippen LogP) is 5.04. The molecule has 0 fully saturated rings. The number of halogens is 1. The molecule has 0 amide bonds. The summed E-state index contributed by atoms with van der Waals surface area (Å²) in [6, 6.07) is 9.31.